The Bertz CT molecular complexity index is 1480. The molecule has 0 spiro atoms. The zero-order valence-corrected chi connectivity index (χ0v) is 20.1. The summed E-state index contributed by atoms with van der Waals surface area (Å²) in [6.07, 6.45) is 2.24. The van der Waals surface area contributed by atoms with Crippen LogP contribution in [0.1, 0.15) is 42.0 Å². The molecule has 1 aliphatic carbocycles. The van der Waals surface area contributed by atoms with Gasteiger partial charge in [-0.3, -0.25) is 14.4 Å². The number of rotatable bonds is 5. The Balaban J connectivity index is 1.78. The Kier molecular flexibility index (Phi) is 5.77. The van der Waals surface area contributed by atoms with Gasteiger partial charge in [0.05, 0.1) is 23.4 Å². The van der Waals surface area contributed by atoms with Gasteiger partial charge in [0, 0.05) is 46.0 Å². The summed E-state index contributed by atoms with van der Waals surface area (Å²) in [5, 5.41) is 23.6. The van der Waals surface area contributed by atoms with E-state index in [1.54, 1.807) is 29.9 Å². The van der Waals surface area contributed by atoms with E-state index in [2.05, 4.69) is 10.3 Å². The van der Waals surface area contributed by atoms with Crippen LogP contribution >= 0.6 is 11.8 Å². The number of aliphatic hydroxyl groups excluding tert-OH is 1. The Morgan fingerprint density at radius 2 is 2.03 bits per heavy atom. The fourth-order valence-electron chi connectivity index (χ4n) is 5.15. The molecule has 2 aliphatic rings. The third-order valence-corrected chi connectivity index (χ3v) is 7.82. The average molecular weight is 498 g/mol. The highest BCUT2D eigenvalue weighted by Gasteiger charge is 2.43. The van der Waals surface area contributed by atoms with E-state index in [9.17, 15) is 23.9 Å². The van der Waals surface area contributed by atoms with Crippen molar-refractivity contribution >= 4 is 34.4 Å². The maximum absolute atomic E-state index is 14.7. The number of pyridine rings is 2. The lowest BCUT2D eigenvalue weighted by atomic mass is 9.77. The summed E-state index contributed by atoms with van der Waals surface area (Å²) in [4.78, 5) is 43.0. The number of carbonyl (C=O) groups excluding carboxylic acids is 2. The second-order valence-electron chi connectivity index (χ2n) is 8.81. The minimum absolute atomic E-state index is 0.0556. The van der Waals surface area contributed by atoms with Crippen LogP contribution in [0.25, 0.3) is 22.3 Å². The van der Waals surface area contributed by atoms with Gasteiger partial charge in [-0.1, -0.05) is 6.92 Å². The molecule has 8 nitrogen and oxygen atoms in total. The fourth-order valence-corrected chi connectivity index (χ4v) is 5.64. The van der Waals surface area contributed by atoms with Gasteiger partial charge < -0.3 is 20.1 Å². The van der Waals surface area contributed by atoms with Gasteiger partial charge in [0.15, 0.2) is 5.78 Å². The van der Waals surface area contributed by atoms with E-state index in [0.29, 0.717) is 49.4 Å². The quantitative estimate of drug-likeness (QED) is 0.361. The summed E-state index contributed by atoms with van der Waals surface area (Å²) < 4.78 is 16.2. The highest BCUT2D eigenvalue weighted by Crippen LogP contribution is 2.41. The SMILES string of the molecule is CC[C@@]1(O)C(=O)CCc2c1cc1n(c2=O)Cc2c-1nc1cc(F)c(SC)cc1c2CNC(=O)CO. The highest BCUT2D eigenvalue weighted by atomic mass is 32.2. The lowest BCUT2D eigenvalue weighted by molar-refractivity contribution is -0.140. The van der Waals surface area contributed by atoms with Gasteiger partial charge in [0.2, 0.25) is 5.91 Å². The number of aliphatic hydroxyl groups is 2. The van der Waals surface area contributed by atoms with Crippen molar-refractivity contribution in [2.24, 2.45) is 0 Å². The zero-order valence-electron chi connectivity index (χ0n) is 19.3. The number of nitrogens with one attached hydrogen (secondary N) is 1. The molecule has 3 heterocycles. The van der Waals surface area contributed by atoms with E-state index in [4.69, 9.17) is 5.11 Å². The summed E-state index contributed by atoms with van der Waals surface area (Å²) in [7, 11) is 0. The first-order valence-corrected chi connectivity index (χ1v) is 12.6. The van der Waals surface area contributed by atoms with E-state index < -0.39 is 23.9 Å². The molecule has 3 aromatic rings. The lowest BCUT2D eigenvalue weighted by Gasteiger charge is -2.32. The molecule has 2 aromatic heterocycles. The van der Waals surface area contributed by atoms with Crippen molar-refractivity contribution in [2.75, 3.05) is 12.9 Å². The van der Waals surface area contributed by atoms with Gasteiger partial charge in [-0.2, -0.15) is 0 Å². The fraction of sp³-hybridized carbons (Fsp3) is 0.360. The van der Waals surface area contributed by atoms with Crippen molar-refractivity contribution in [1.82, 2.24) is 14.9 Å². The first-order chi connectivity index (χ1) is 16.7. The van der Waals surface area contributed by atoms with Gasteiger partial charge in [0.25, 0.3) is 5.56 Å². The molecule has 35 heavy (non-hydrogen) atoms. The first kappa shape index (κ1) is 23.7. The predicted molar refractivity (Wildman–Crippen MR) is 129 cm³/mol. The Morgan fingerprint density at radius 3 is 2.71 bits per heavy atom. The molecule has 5 rings (SSSR count). The zero-order chi connectivity index (χ0) is 25.1. The molecular formula is C25H24FN3O5S. The number of aromatic nitrogens is 2. The molecule has 0 unspecified atom stereocenters. The largest absolute Gasteiger partial charge is 0.387 e. The topological polar surface area (TPSA) is 122 Å². The first-order valence-electron chi connectivity index (χ1n) is 11.3. The Hall–Kier alpha value is -3.08. The standard InChI is InChI=1S/C25H24FN3O5S/c1-3-25(34)16-7-19-23-15(10-29(19)24(33)12(16)4-5-21(25)31)14(9-27-22(32)11-30)13-6-20(35-2)17(26)8-18(13)28-23/h6-8,30,34H,3-5,9-11H2,1-2H3,(H,27,32)/t25-/m0/s1. The summed E-state index contributed by atoms with van der Waals surface area (Å²) >= 11 is 1.25. The summed E-state index contributed by atoms with van der Waals surface area (Å²) in [5.74, 6) is -1.32. The molecule has 1 aliphatic heterocycles. The second-order valence-corrected chi connectivity index (χ2v) is 9.65. The molecule has 1 amide bonds. The van der Waals surface area contributed by atoms with E-state index in [0.717, 1.165) is 0 Å². The van der Waals surface area contributed by atoms with Crippen molar-refractivity contribution in [3.63, 3.8) is 0 Å². The van der Waals surface area contributed by atoms with Crippen molar-refractivity contribution in [3.05, 3.63) is 56.6 Å². The van der Waals surface area contributed by atoms with Gasteiger partial charge >= 0.3 is 0 Å². The molecule has 0 saturated carbocycles. The van der Waals surface area contributed by atoms with E-state index >= 15 is 0 Å². The summed E-state index contributed by atoms with van der Waals surface area (Å²) in [5.41, 5.74) is 1.30. The number of hydrogen-bond donors (Lipinski definition) is 3. The van der Waals surface area contributed by atoms with E-state index in [-0.39, 0.29) is 43.7 Å². The van der Waals surface area contributed by atoms with Crippen LogP contribution in [0.4, 0.5) is 4.39 Å². The van der Waals surface area contributed by atoms with Crippen molar-refractivity contribution in [1.29, 1.82) is 0 Å². The predicted octanol–water partition coefficient (Wildman–Crippen LogP) is 2.01. The molecule has 0 radical (unpaired) electrons. The normalized spacial score (nSPS) is 18.4. The van der Waals surface area contributed by atoms with Crippen molar-refractivity contribution in [3.8, 4) is 11.4 Å². The van der Waals surface area contributed by atoms with Crippen LogP contribution in [0.2, 0.25) is 0 Å². The number of ketones is 1. The molecule has 0 bridgehead atoms. The summed E-state index contributed by atoms with van der Waals surface area (Å²) in [6.45, 7) is 1.27. The molecule has 3 N–H and O–H groups in total. The molecule has 1 aromatic carbocycles. The van der Waals surface area contributed by atoms with Crippen molar-refractivity contribution in [2.45, 2.75) is 49.8 Å². The lowest BCUT2D eigenvalue weighted by Crippen LogP contribution is -2.43. The smallest absolute Gasteiger partial charge is 0.254 e. The number of thioether (sulfide) groups is 1. The van der Waals surface area contributed by atoms with E-state index in [1.165, 1.54) is 17.8 Å². The van der Waals surface area contributed by atoms with Crippen molar-refractivity contribution < 1.29 is 24.2 Å². The van der Waals surface area contributed by atoms with Crippen LogP contribution in [-0.4, -0.2) is 44.3 Å². The van der Waals surface area contributed by atoms with Gasteiger partial charge in [0.1, 0.15) is 18.0 Å². The van der Waals surface area contributed by atoms with Crippen LogP contribution in [0.3, 0.4) is 0 Å². The Labute approximate surface area is 204 Å². The van der Waals surface area contributed by atoms with Crippen LogP contribution in [0.5, 0.6) is 0 Å². The van der Waals surface area contributed by atoms with Crippen LogP contribution in [0.15, 0.2) is 27.9 Å². The molecule has 1 atom stereocenters. The minimum Gasteiger partial charge on any atom is -0.387 e. The highest BCUT2D eigenvalue weighted by molar-refractivity contribution is 7.98. The van der Waals surface area contributed by atoms with Gasteiger partial charge in [-0.05, 0) is 36.8 Å². The Morgan fingerprint density at radius 1 is 1.26 bits per heavy atom. The van der Waals surface area contributed by atoms with Gasteiger partial charge in [-0.15, -0.1) is 11.8 Å². The number of carbonyl (C=O) groups is 2. The third kappa shape index (κ3) is 3.50. The molecule has 0 fully saturated rings. The maximum atomic E-state index is 14.7. The van der Waals surface area contributed by atoms with Gasteiger partial charge in [-0.25, -0.2) is 9.37 Å². The number of halogens is 1. The number of hydrogen-bond acceptors (Lipinski definition) is 7. The maximum Gasteiger partial charge on any atom is 0.254 e. The average Bonchev–Trinajstić information content (AvgIpc) is 3.22. The molecule has 0 saturated heterocycles. The molecular weight excluding hydrogens is 473 g/mol. The number of nitrogens with zero attached hydrogens (tertiary/aromatic N) is 2. The van der Waals surface area contributed by atoms with Crippen LogP contribution in [0, 0.1) is 5.82 Å². The molecule has 182 valence electrons. The summed E-state index contributed by atoms with van der Waals surface area (Å²) in [6, 6.07) is 4.66. The molecule has 10 heteroatoms. The monoisotopic (exact) mass is 497 g/mol. The minimum atomic E-state index is -1.74. The van der Waals surface area contributed by atoms with E-state index in [1.807, 2.05) is 0 Å². The number of amides is 1. The second kappa shape index (κ2) is 8.54. The number of Topliss-reactive ketones (excluding diaryl/α,β-unsaturated/α-hetero) is 1. The number of benzene rings is 1. The third-order valence-electron chi connectivity index (χ3n) is 7.06. The van der Waals surface area contributed by atoms with Crippen LogP contribution < -0.4 is 10.9 Å². The van der Waals surface area contributed by atoms with Crippen LogP contribution in [-0.2, 0) is 34.7 Å². The number of fused-ring (bicyclic) bond motifs is 5.